The number of nitrogens with zero attached hydrogens (tertiary/aromatic N) is 2. The van der Waals surface area contributed by atoms with Gasteiger partial charge in [-0.1, -0.05) is 59.6 Å². The highest BCUT2D eigenvalue weighted by Crippen LogP contribution is 2.71. The standard InChI is InChI=1S/C23H16Cl2N2O2/c24-16-9-17(25)11-18(10-16)27-21(28)20-19(15-6-2-1-3-7-15)23(20,22(27)29)12-14-5-4-8-26-13-14/h1-11,13,19-20H,12H2/t19-,20-,23-/m0/s1. The van der Waals surface area contributed by atoms with E-state index in [2.05, 4.69) is 4.98 Å². The number of rotatable bonds is 4. The number of hydrogen-bond acceptors (Lipinski definition) is 3. The molecule has 0 spiro atoms. The molecule has 1 saturated carbocycles. The van der Waals surface area contributed by atoms with Crippen LogP contribution in [0.25, 0.3) is 0 Å². The molecule has 1 saturated heterocycles. The Hall–Kier alpha value is -2.69. The fraction of sp³-hybridized carbons (Fsp3) is 0.174. The van der Waals surface area contributed by atoms with Crippen LogP contribution in [-0.4, -0.2) is 16.8 Å². The van der Waals surface area contributed by atoms with Crippen LogP contribution in [-0.2, 0) is 16.0 Å². The zero-order valence-electron chi connectivity index (χ0n) is 15.3. The fourth-order valence-corrected chi connectivity index (χ4v) is 5.23. The van der Waals surface area contributed by atoms with Crippen molar-refractivity contribution in [2.45, 2.75) is 12.3 Å². The van der Waals surface area contributed by atoms with Gasteiger partial charge in [0.15, 0.2) is 0 Å². The normalized spacial score (nSPS) is 25.2. The lowest BCUT2D eigenvalue weighted by molar-refractivity contribution is -0.125. The van der Waals surface area contributed by atoms with Gasteiger partial charge in [-0.15, -0.1) is 0 Å². The first-order valence-electron chi connectivity index (χ1n) is 9.31. The smallest absolute Gasteiger partial charge is 0.241 e. The first-order chi connectivity index (χ1) is 14.0. The summed E-state index contributed by atoms with van der Waals surface area (Å²) in [5.74, 6) is -0.959. The summed E-state index contributed by atoms with van der Waals surface area (Å²) in [6.45, 7) is 0. The van der Waals surface area contributed by atoms with Gasteiger partial charge in [0.1, 0.15) is 0 Å². The van der Waals surface area contributed by atoms with Crippen LogP contribution in [0.3, 0.4) is 0 Å². The van der Waals surface area contributed by atoms with Crippen molar-refractivity contribution in [2.75, 3.05) is 4.90 Å². The summed E-state index contributed by atoms with van der Waals surface area (Å²) >= 11 is 12.2. The van der Waals surface area contributed by atoms with Crippen LogP contribution in [0.5, 0.6) is 0 Å². The van der Waals surface area contributed by atoms with Crippen molar-refractivity contribution in [3.63, 3.8) is 0 Å². The average Bonchev–Trinajstić information content (AvgIpc) is 3.32. The Labute approximate surface area is 178 Å². The van der Waals surface area contributed by atoms with Crippen LogP contribution in [0.15, 0.2) is 73.1 Å². The average molecular weight is 423 g/mol. The summed E-state index contributed by atoms with van der Waals surface area (Å²) in [5, 5.41) is 0.768. The van der Waals surface area contributed by atoms with Gasteiger partial charge in [0.2, 0.25) is 11.8 Å². The molecular formula is C23H16Cl2N2O2. The number of benzene rings is 2. The molecule has 2 aliphatic rings. The molecule has 4 nitrogen and oxygen atoms in total. The zero-order valence-corrected chi connectivity index (χ0v) is 16.8. The topological polar surface area (TPSA) is 50.3 Å². The van der Waals surface area contributed by atoms with E-state index in [9.17, 15) is 9.59 Å². The molecule has 0 N–H and O–H groups in total. The highest BCUT2D eigenvalue weighted by Gasteiger charge is 2.79. The summed E-state index contributed by atoms with van der Waals surface area (Å²) in [4.78, 5) is 32.5. The molecule has 1 aromatic heterocycles. The lowest BCUT2D eigenvalue weighted by Gasteiger charge is -2.23. The van der Waals surface area contributed by atoms with Crippen molar-refractivity contribution in [2.24, 2.45) is 11.3 Å². The molecule has 2 fully saturated rings. The maximum Gasteiger partial charge on any atom is 0.241 e. The van der Waals surface area contributed by atoms with Crippen LogP contribution < -0.4 is 4.90 Å². The SMILES string of the molecule is O=C1[C@@H]2[C@H](c3ccccc3)[C@]2(Cc2cccnc2)C(=O)N1c1cc(Cl)cc(Cl)c1. The van der Waals surface area contributed by atoms with E-state index in [-0.39, 0.29) is 17.7 Å². The number of amides is 2. The first-order valence-corrected chi connectivity index (χ1v) is 10.1. The number of hydrogen-bond donors (Lipinski definition) is 0. The van der Waals surface area contributed by atoms with E-state index in [1.165, 1.54) is 4.90 Å². The van der Waals surface area contributed by atoms with Gasteiger partial charge in [-0.05, 0) is 41.8 Å². The quantitative estimate of drug-likeness (QED) is 0.561. The molecular weight excluding hydrogens is 407 g/mol. The number of carbonyl (C=O) groups excluding carboxylic acids is 2. The Balaban J connectivity index is 1.59. The highest BCUT2D eigenvalue weighted by molar-refractivity contribution is 6.36. The minimum atomic E-state index is -0.809. The first kappa shape index (κ1) is 18.3. The molecule has 144 valence electrons. The molecule has 6 heteroatoms. The summed E-state index contributed by atoms with van der Waals surface area (Å²) in [7, 11) is 0. The van der Waals surface area contributed by atoms with Gasteiger partial charge in [0.05, 0.1) is 17.0 Å². The molecule has 2 heterocycles. The number of anilines is 1. The van der Waals surface area contributed by atoms with Crippen molar-refractivity contribution in [1.29, 1.82) is 0 Å². The number of fused-ring (bicyclic) bond motifs is 1. The lowest BCUT2D eigenvalue weighted by Crippen LogP contribution is -2.37. The van der Waals surface area contributed by atoms with E-state index >= 15 is 0 Å². The monoisotopic (exact) mass is 422 g/mol. The molecule has 0 unspecified atom stereocenters. The third-order valence-electron chi connectivity index (χ3n) is 5.91. The maximum absolute atomic E-state index is 13.7. The fourth-order valence-electron chi connectivity index (χ4n) is 4.72. The van der Waals surface area contributed by atoms with Crippen molar-refractivity contribution in [3.8, 4) is 0 Å². The van der Waals surface area contributed by atoms with Crippen molar-refractivity contribution in [1.82, 2.24) is 4.98 Å². The summed E-state index contributed by atoms with van der Waals surface area (Å²) < 4.78 is 0. The molecule has 0 radical (unpaired) electrons. The minimum absolute atomic E-state index is 0.144. The van der Waals surface area contributed by atoms with Crippen molar-refractivity contribution >= 4 is 40.7 Å². The Kier molecular flexibility index (Phi) is 4.23. The van der Waals surface area contributed by atoms with Crippen molar-refractivity contribution < 1.29 is 9.59 Å². The zero-order chi connectivity index (χ0) is 20.2. The summed E-state index contributed by atoms with van der Waals surface area (Å²) in [6, 6.07) is 18.3. The van der Waals surface area contributed by atoms with Gasteiger partial charge in [-0.2, -0.15) is 0 Å². The summed E-state index contributed by atoms with van der Waals surface area (Å²) in [5.41, 5.74) is 1.55. The lowest BCUT2D eigenvalue weighted by atomic mass is 9.91. The summed E-state index contributed by atoms with van der Waals surface area (Å²) in [6.07, 6.45) is 3.91. The number of halogens is 2. The second kappa shape index (κ2) is 6.68. The number of piperidine rings is 1. The molecule has 2 aromatic carbocycles. The Morgan fingerprint density at radius 1 is 0.931 bits per heavy atom. The third kappa shape index (κ3) is 2.78. The van der Waals surface area contributed by atoms with Crippen LogP contribution >= 0.6 is 23.2 Å². The predicted octanol–water partition coefficient (Wildman–Crippen LogP) is 4.90. The minimum Gasteiger partial charge on any atom is -0.274 e. The molecule has 1 aliphatic carbocycles. The molecule has 3 atom stereocenters. The predicted molar refractivity (Wildman–Crippen MR) is 112 cm³/mol. The largest absolute Gasteiger partial charge is 0.274 e. The van der Waals surface area contributed by atoms with Crippen LogP contribution in [0.4, 0.5) is 5.69 Å². The van der Waals surface area contributed by atoms with E-state index in [4.69, 9.17) is 23.2 Å². The van der Waals surface area contributed by atoms with E-state index < -0.39 is 11.3 Å². The molecule has 1 aliphatic heterocycles. The molecule has 29 heavy (non-hydrogen) atoms. The number of aromatic nitrogens is 1. The van der Waals surface area contributed by atoms with Gasteiger partial charge >= 0.3 is 0 Å². The van der Waals surface area contributed by atoms with E-state index in [0.29, 0.717) is 22.2 Å². The van der Waals surface area contributed by atoms with Crippen LogP contribution in [0, 0.1) is 11.3 Å². The Bertz CT molecular complexity index is 1100. The van der Waals surface area contributed by atoms with Gasteiger partial charge in [-0.3, -0.25) is 14.6 Å². The number of imide groups is 1. The molecule has 3 aromatic rings. The molecule has 2 amide bonds. The molecule has 0 bridgehead atoms. The number of carbonyl (C=O) groups is 2. The second-order valence-corrected chi connectivity index (χ2v) is 8.42. The van der Waals surface area contributed by atoms with E-state index in [1.54, 1.807) is 30.6 Å². The van der Waals surface area contributed by atoms with Gasteiger partial charge in [-0.25, -0.2) is 4.90 Å². The second-order valence-electron chi connectivity index (χ2n) is 7.55. The van der Waals surface area contributed by atoms with Gasteiger partial charge in [0.25, 0.3) is 0 Å². The van der Waals surface area contributed by atoms with Crippen LogP contribution in [0.2, 0.25) is 10.0 Å². The Morgan fingerprint density at radius 3 is 2.31 bits per heavy atom. The van der Waals surface area contributed by atoms with Crippen molar-refractivity contribution in [3.05, 3.63) is 94.2 Å². The highest BCUT2D eigenvalue weighted by atomic mass is 35.5. The van der Waals surface area contributed by atoms with E-state index in [1.807, 2.05) is 42.5 Å². The molecule has 5 rings (SSSR count). The maximum atomic E-state index is 13.7. The number of pyridine rings is 1. The van der Waals surface area contributed by atoms with Gasteiger partial charge < -0.3 is 0 Å². The Morgan fingerprint density at radius 2 is 1.66 bits per heavy atom. The van der Waals surface area contributed by atoms with Crippen LogP contribution in [0.1, 0.15) is 17.0 Å². The van der Waals surface area contributed by atoms with Gasteiger partial charge in [0, 0.05) is 28.4 Å². The van der Waals surface area contributed by atoms with E-state index in [0.717, 1.165) is 11.1 Å². The third-order valence-corrected chi connectivity index (χ3v) is 6.34.